The molecular weight excluding hydrogens is 378 g/mol. The van der Waals surface area contributed by atoms with Crippen molar-refractivity contribution < 1.29 is 9.90 Å². The van der Waals surface area contributed by atoms with Crippen LogP contribution in [0.4, 0.5) is 5.69 Å². The average Bonchev–Trinajstić information content (AvgIpc) is 2.97. The van der Waals surface area contributed by atoms with Crippen LogP contribution in [0, 0.1) is 6.92 Å². The molecule has 1 aromatic heterocycles. The van der Waals surface area contributed by atoms with E-state index in [1.54, 1.807) is 19.1 Å². The molecule has 4 N–H and O–H groups in total. The molecule has 0 saturated heterocycles. The fourth-order valence-corrected chi connectivity index (χ4v) is 2.65. The number of carboxylic acid groups (broad SMARTS) is 1. The van der Waals surface area contributed by atoms with Crippen LogP contribution in [0.1, 0.15) is 21.6 Å². The summed E-state index contributed by atoms with van der Waals surface area (Å²) in [7, 11) is 0. The van der Waals surface area contributed by atoms with E-state index in [1.807, 2.05) is 30.3 Å². The minimum atomic E-state index is -1.00. The lowest BCUT2D eigenvalue weighted by atomic mass is 10.2. The van der Waals surface area contributed by atoms with Crippen molar-refractivity contribution in [3.63, 3.8) is 0 Å². The van der Waals surface area contributed by atoms with Gasteiger partial charge in [-0.25, -0.2) is 9.48 Å². The zero-order valence-electron chi connectivity index (χ0n) is 14.8. The third kappa shape index (κ3) is 4.33. The standard InChI is InChI=1S/C19H17N5O3S/c1-12-16(17(25)24(23-12)15-5-3-2-4-6-15)11-20-22-19(28)21-14-9-7-13(8-10-14)18(26)27/h2-11,23H,1H3,(H,26,27)(H2,21,22,28)/b20-11+. The smallest absolute Gasteiger partial charge is 0.335 e. The molecule has 0 spiro atoms. The van der Waals surface area contributed by atoms with Crippen molar-refractivity contribution in [1.29, 1.82) is 0 Å². The number of nitrogens with zero attached hydrogens (tertiary/aromatic N) is 2. The number of aromatic amines is 1. The maximum absolute atomic E-state index is 12.6. The molecule has 0 amide bonds. The third-order valence-corrected chi connectivity index (χ3v) is 4.07. The van der Waals surface area contributed by atoms with E-state index in [-0.39, 0.29) is 16.2 Å². The molecule has 0 saturated carbocycles. The number of aromatic carboxylic acids is 1. The van der Waals surface area contributed by atoms with Crippen molar-refractivity contribution in [2.75, 3.05) is 5.32 Å². The van der Waals surface area contributed by atoms with E-state index >= 15 is 0 Å². The Morgan fingerprint density at radius 1 is 1.18 bits per heavy atom. The topological polar surface area (TPSA) is 112 Å². The number of H-pyrrole nitrogens is 1. The van der Waals surface area contributed by atoms with E-state index in [1.165, 1.54) is 23.0 Å². The molecule has 9 heteroatoms. The van der Waals surface area contributed by atoms with E-state index in [9.17, 15) is 9.59 Å². The molecular formula is C19H17N5O3S. The molecule has 3 rings (SSSR count). The molecule has 0 unspecified atom stereocenters. The van der Waals surface area contributed by atoms with Gasteiger partial charge in [-0.2, -0.15) is 5.10 Å². The summed E-state index contributed by atoms with van der Waals surface area (Å²) < 4.78 is 1.44. The van der Waals surface area contributed by atoms with E-state index in [0.29, 0.717) is 16.9 Å². The summed E-state index contributed by atoms with van der Waals surface area (Å²) in [4.78, 5) is 23.4. The summed E-state index contributed by atoms with van der Waals surface area (Å²) in [6.07, 6.45) is 1.40. The summed E-state index contributed by atoms with van der Waals surface area (Å²) in [5.74, 6) is -1.00. The Morgan fingerprint density at radius 3 is 2.50 bits per heavy atom. The fraction of sp³-hybridized carbons (Fsp3) is 0.0526. The third-order valence-electron chi connectivity index (χ3n) is 3.88. The van der Waals surface area contributed by atoms with E-state index < -0.39 is 5.97 Å². The van der Waals surface area contributed by atoms with Crippen molar-refractivity contribution in [3.05, 3.63) is 81.8 Å². The molecule has 0 aliphatic carbocycles. The van der Waals surface area contributed by atoms with Gasteiger partial charge in [0.15, 0.2) is 5.11 Å². The van der Waals surface area contributed by atoms with Crippen molar-refractivity contribution >= 4 is 35.2 Å². The van der Waals surface area contributed by atoms with Gasteiger partial charge >= 0.3 is 5.97 Å². The molecule has 1 heterocycles. The number of aromatic nitrogens is 2. The van der Waals surface area contributed by atoms with Crippen LogP contribution in [-0.4, -0.2) is 32.2 Å². The highest BCUT2D eigenvalue weighted by Gasteiger charge is 2.10. The number of rotatable bonds is 5. The van der Waals surface area contributed by atoms with Gasteiger partial charge in [-0.3, -0.25) is 15.3 Å². The van der Waals surface area contributed by atoms with Gasteiger partial charge in [0.1, 0.15) is 0 Å². The van der Waals surface area contributed by atoms with Crippen LogP contribution < -0.4 is 16.3 Å². The Balaban J connectivity index is 1.66. The SMILES string of the molecule is Cc1[nH]n(-c2ccccc2)c(=O)c1/C=N/NC(=S)Nc1ccc(C(=O)O)cc1. The van der Waals surface area contributed by atoms with Crippen LogP contribution in [0.5, 0.6) is 0 Å². The minimum absolute atomic E-state index is 0.181. The number of aryl methyl sites for hydroxylation is 1. The number of anilines is 1. The highest BCUT2D eigenvalue weighted by atomic mass is 32.1. The maximum atomic E-state index is 12.6. The second-order valence-corrected chi connectivity index (χ2v) is 6.24. The van der Waals surface area contributed by atoms with Crippen molar-refractivity contribution in [2.24, 2.45) is 5.10 Å². The van der Waals surface area contributed by atoms with Crippen LogP contribution in [-0.2, 0) is 0 Å². The summed E-state index contributed by atoms with van der Waals surface area (Å²) >= 11 is 5.14. The van der Waals surface area contributed by atoms with E-state index in [2.05, 4.69) is 20.9 Å². The molecule has 0 atom stereocenters. The number of hydrazone groups is 1. The lowest BCUT2D eigenvalue weighted by Gasteiger charge is -2.06. The summed E-state index contributed by atoms with van der Waals surface area (Å²) in [5.41, 5.74) is 5.00. The molecule has 142 valence electrons. The largest absolute Gasteiger partial charge is 0.478 e. The van der Waals surface area contributed by atoms with Gasteiger partial charge in [0.25, 0.3) is 5.56 Å². The molecule has 28 heavy (non-hydrogen) atoms. The Hall–Kier alpha value is -3.72. The van der Waals surface area contributed by atoms with Gasteiger partial charge in [0.2, 0.25) is 0 Å². The van der Waals surface area contributed by atoms with Gasteiger partial charge in [-0.15, -0.1) is 0 Å². The van der Waals surface area contributed by atoms with Crippen LogP contribution in [0.3, 0.4) is 0 Å². The van der Waals surface area contributed by atoms with Crippen molar-refractivity contribution in [3.8, 4) is 5.69 Å². The van der Waals surface area contributed by atoms with Gasteiger partial charge in [0.05, 0.1) is 23.0 Å². The van der Waals surface area contributed by atoms with Crippen LogP contribution in [0.15, 0.2) is 64.5 Å². The summed E-state index contributed by atoms with van der Waals surface area (Å²) in [6.45, 7) is 1.78. The second-order valence-electron chi connectivity index (χ2n) is 5.83. The number of carboxylic acids is 1. The number of thiocarbonyl (C=S) groups is 1. The van der Waals surface area contributed by atoms with Crippen molar-refractivity contribution in [1.82, 2.24) is 15.2 Å². The summed E-state index contributed by atoms with van der Waals surface area (Å²) in [6, 6.07) is 15.3. The molecule has 0 bridgehead atoms. The molecule has 0 fully saturated rings. The first kappa shape index (κ1) is 19.1. The first-order chi connectivity index (χ1) is 13.5. The molecule has 0 aliphatic rings. The van der Waals surface area contributed by atoms with Crippen LogP contribution in [0.2, 0.25) is 0 Å². The van der Waals surface area contributed by atoms with Crippen LogP contribution in [0.25, 0.3) is 5.69 Å². The molecule has 2 aromatic carbocycles. The van der Waals surface area contributed by atoms with Crippen LogP contribution >= 0.6 is 12.2 Å². The number of nitrogens with one attached hydrogen (secondary N) is 3. The number of benzene rings is 2. The first-order valence-corrected chi connectivity index (χ1v) is 8.67. The Bertz CT molecular complexity index is 1090. The monoisotopic (exact) mass is 395 g/mol. The lowest BCUT2D eigenvalue weighted by molar-refractivity contribution is 0.0697. The predicted octanol–water partition coefficient (Wildman–Crippen LogP) is 2.49. The summed E-state index contributed by atoms with van der Waals surface area (Å²) in [5, 5.41) is 19.0. The van der Waals surface area contributed by atoms with Gasteiger partial charge < -0.3 is 10.4 Å². The van der Waals surface area contributed by atoms with Gasteiger partial charge in [-0.05, 0) is 55.5 Å². The van der Waals surface area contributed by atoms with E-state index in [0.717, 1.165) is 5.69 Å². The molecule has 0 radical (unpaired) electrons. The zero-order chi connectivity index (χ0) is 20.1. The van der Waals surface area contributed by atoms with Gasteiger partial charge in [0, 0.05) is 11.4 Å². The molecule has 3 aromatic rings. The maximum Gasteiger partial charge on any atom is 0.335 e. The quantitative estimate of drug-likeness (QED) is 0.300. The second kappa shape index (κ2) is 8.31. The zero-order valence-corrected chi connectivity index (χ0v) is 15.7. The minimum Gasteiger partial charge on any atom is -0.478 e. The van der Waals surface area contributed by atoms with Gasteiger partial charge in [-0.1, -0.05) is 18.2 Å². The van der Waals surface area contributed by atoms with E-state index in [4.69, 9.17) is 17.3 Å². The number of hydrogen-bond donors (Lipinski definition) is 4. The lowest BCUT2D eigenvalue weighted by Crippen LogP contribution is -2.24. The predicted molar refractivity (Wildman–Crippen MR) is 111 cm³/mol. The normalized spacial score (nSPS) is 10.8. The number of para-hydroxylation sites is 1. The highest BCUT2D eigenvalue weighted by molar-refractivity contribution is 7.80. The first-order valence-electron chi connectivity index (χ1n) is 8.26. The highest BCUT2D eigenvalue weighted by Crippen LogP contribution is 2.09. The molecule has 0 aliphatic heterocycles. The number of hydrogen-bond acceptors (Lipinski definition) is 4. The number of carbonyl (C=O) groups is 1. The fourth-order valence-electron chi connectivity index (χ4n) is 2.48. The Labute approximate surface area is 165 Å². The molecule has 8 nitrogen and oxygen atoms in total. The average molecular weight is 395 g/mol. The Morgan fingerprint density at radius 2 is 1.86 bits per heavy atom. The Kier molecular flexibility index (Phi) is 5.66. The van der Waals surface area contributed by atoms with Crippen molar-refractivity contribution in [2.45, 2.75) is 6.92 Å².